The molecule has 4 heteroatoms. The minimum Gasteiger partial charge on any atom is -0.381 e. The standard InChI is InChI=1S/C12H13F3O/c1-16-11-5-3-8-6-10(12(13,14)15)4-2-9(8)7-11/h2,4,6,11H,3,5,7H2,1H3. The van der Waals surface area contributed by atoms with Crippen molar-refractivity contribution in [1.82, 2.24) is 0 Å². The maximum atomic E-state index is 12.5. The van der Waals surface area contributed by atoms with Gasteiger partial charge in [-0.1, -0.05) is 6.07 Å². The number of ether oxygens (including phenoxy) is 1. The number of halogens is 3. The van der Waals surface area contributed by atoms with Crippen LogP contribution in [0.15, 0.2) is 18.2 Å². The van der Waals surface area contributed by atoms with Gasteiger partial charge < -0.3 is 4.74 Å². The SMILES string of the molecule is COC1CCc2cc(C(F)(F)F)ccc2C1. The smallest absolute Gasteiger partial charge is 0.381 e. The first-order valence-electron chi connectivity index (χ1n) is 5.22. The van der Waals surface area contributed by atoms with Crippen molar-refractivity contribution in [1.29, 1.82) is 0 Å². The molecule has 0 N–H and O–H groups in total. The van der Waals surface area contributed by atoms with Crippen molar-refractivity contribution in [3.05, 3.63) is 34.9 Å². The predicted octanol–water partition coefficient (Wildman–Crippen LogP) is 3.21. The highest BCUT2D eigenvalue weighted by Crippen LogP contribution is 2.32. The van der Waals surface area contributed by atoms with Crippen LogP contribution in [0.2, 0.25) is 0 Å². The second kappa shape index (κ2) is 4.09. The second-order valence-electron chi connectivity index (χ2n) is 4.08. The fourth-order valence-electron chi connectivity index (χ4n) is 2.10. The molecule has 1 aliphatic rings. The van der Waals surface area contributed by atoms with E-state index in [-0.39, 0.29) is 6.10 Å². The zero-order valence-electron chi connectivity index (χ0n) is 8.97. The van der Waals surface area contributed by atoms with Crippen molar-refractivity contribution < 1.29 is 17.9 Å². The van der Waals surface area contributed by atoms with Crippen molar-refractivity contribution >= 4 is 0 Å². The second-order valence-corrected chi connectivity index (χ2v) is 4.08. The highest BCUT2D eigenvalue weighted by molar-refractivity contribution is 5.35. The summed E-state index contributed by atoms with van der Waals surface area (Å²) in [5.74, 6) is 0. The van der Waals surface area contributed by atoms with E-state index >= 15 is 0 Å². The van der Waals surface area contributed by atoms with Crippen molar-refractivity contribution in [3.63, 3.8) is 0 Å². The van der Waals surface area contributed by atoms with Gasteiger partial charge >= 0.3 is 6.18 Å². The molecule has 0 amide bonds. The van der Waals surface area contributed by atoms with Crippen LogP contribution >= 0.6 is 0 Å². The third-order valence-corrected chi connectivity index (χ3v) is 3.05. The number of fused-ring (bicyclic) bond motifs is 1. The molecule has 1 nitrogen and oxygen atoms in total. The molecule has 0 saturated carbocycles. The molecule has 16 heavy (non-hydrogen) atoms. The maximum absolute atomic E-state index is 12.5. The van der Waals surface area contributed by atoms with E-state index in [2.05, 4.69) is 0 Å². The number of hydrogen-bond donors (Lipinski definition) is 0. The highest BCUT2D eigenvalue weighted by atomic mass is 19.4. The summed E-state index contributed by atoms with van der Waals surface area (Å²) in [5.41, 5.74) is 1.23. The number of benzene rings is 1. The Labute approximate surface area is 92.2 Å². The van der Waals surface area contributed by atoms with E-state index in [0.29, 0.717) is 12.8 Å². The minimum absolute atomic E-state index is 0.143. The molecular formula is C12H13F3O. The van der Waals surface area contributed by atoms with E-state index in [1.165, 1.54) is 6.07 Å². The normalized spacial score (nSPS) is 20.6. The van der Waals surface area contributed by atoms with Crippen LogP contribution in [0.3, 0.4) is 0 Å². The van der Waals surface area contributed by atoms with Gasteiger partial charge in [0.25, 0.3) is 0 Å². The Hall–Kier alpha value is -1.03. The molecule has 0 heterocycles. The molecule has 1 aliphatic carbocycles. The summed E-state index contributed by atoms with van der Waals surface area (Å²) in [5, 5.41) is 0. The Kier molecular flexibility index (Phi) is 2.93. The molecule has 0 fully saturated rings. The lowest BCUT2D eigenvalue weighted by Crippen LogP contribution is -2.21. The number of aryl methyl sites for hydroxylation is 1. The van der Waals surface area contributed by atoms with Crippen LogP contribution in [0.4, 0.5) is 13.2 Å². The van der Waals surface area contributed by atoms with Crippen molar-refractivity contribution in [3.8, 4) is 0 Å². The van der Waals surface area contributed by atoms with Crippen LogP contribution in [-0.4, -0.2) is 13.2 Å². The molecule has 1 atom stereocenters. The average Bonchev–Trinajstić information content (AvgIpc) is 2.26. The minimum atomic E-state index is -4.24. The fourth-order valence-corrected chi connectivity index (χ4v) is 2.10. The molecule has 1 unspecified atom stereocenters. The van der Waals surface area contributed by atoms with E-state index in [4.69, 9.17) is 4.74 Å². The molecule has 1 aromatic rings. The first-order valence-corrected chi connectivity index (χ1v) is 5.22. The summed E-state index contributed by atoms with van der Waals surface area (Å²) in [6.07, 6.45) is -1.93. The van der Waals surface area contributed by atoms with E-state index < -0.39 is 11.7 Å². The topological polar surface area (TPSA) is 9.23 Å². The van der Waals surface area contributed by atoms with Gasteiger partial charge in [0.1, 0.15) is 0 Å². The van der Waals surface area contributed by atoms with Crippen LogP contribution in [0.5, 0.6) is 0 Å². The van der Waals surface area contributed by atoms with E-state index in [0.717, 1.165) is 23.6 Å². The number of alkyl halides is 3. The fraction of sp³-hybridized carbons (Fsp3) is 0.500. The lowest BCUT2D eigenvalue weighted by Gasteiger charge is -2.24. The third-order valence-electron chi connectivity index (χ3n) is 3.05. The summed E-state index contributed by atoms with van der Waals surface area (Å²) in [4.78, 5) is 0. The summed E-state index contributed by atoms with van der Waals surface area (Å²) in [6, 6.07) is 3.99. The molecule has 88 valence electrons. The van der Waals surface area contributed by atoms with Gasteiger partial charge in [-0.2, -0.15) is 13.2 Å². The largest absolute Gasteiger partial charge is 0.416 e. The van der Waals surface area contributed by atoms with Gasteiger partial charge in [0, 0.05) is 7.11 Å². The van der Waals surface area contributed by atoms with Gasteiger partial charge in [-0.25, -0.2) is 0 Å². The number of hydrogen-bond acceptors (Lipinski definition) is 1. The summed E-state index contributed by atoms with van der Waals surface area (Å²) >= 11 is 0. The van der Waals surface area contributed by atoms with Gasteiger partial charge in [-0.15, -0.1) is 0 Å². The summed E-state index contributed by atoms with van der Waals surface area (Å²) in [6.45, 7) is 0. The van der Waals surface area contributed by atoms with Crippen LogP contribution in [0, 0.1) is 0 Å². The van der Waals surface area contributed by atoms with Gasteiger partial charge in [-0.05, 0) is 42.5 Å². The number of methoxy groups -OCH3 is 1. The van der Waals surface area contributed by atoms with Crippen LogP contribution in [-0.2, 0) is 23.8 Å². The molecule has 0 spiro atoms. The highest BCUT2D eigenvalue weighted by Gasteiger charge is 2.31. The molecular weight excluding hydrogens is 217 g/mol. The summed E-state index contributed by atoms with van der Waals surface area (Å²) < 4.78 is 42.7. The van der Waals surface area contributed by atoms with Gasteiger partial charge in [0.15, 0.2) is 0 Å². The third kappa shape index (κ3) is 2.21. The molecule has 2 rings (SSSR count). The zero-order chi connectivity index (χ0) is 11.8. The van der Waals surface area contributed by atoms with Crippen molar-refractivity contribution in [2.45, 2.75) is 31.5 Å². The van der Waals surface area contributed by atoms with Gasteiger partial charge in [-0.3, -0.25) is 0 Å². The monoisotopic (exact) mass is 230 g/mol. The van der Waals surface area contributed by atoms with E-state index in [9.17, 15) is 13.2 Å². The van der Waals surface area contributed by atoms with Crippen LogP contribution < -0.4 is 0 Å². The molecule has 0 bridgehead atoms. The Bertz CT molecular complexity index is 384. The summed E-state index contributed by atoms with van der Waals surface area (Å²) in [7, 11) is 1.64. The average molecular weight is 230 g/mol. The van der Waals surface area contributed by atoms with Crippen molar-refractivity contribution in [2.75, 3.05) is 7.11 Å². The Morgan fingerprint density at radius 1 is 1.25 bits per heavy atom. The number of rotatable bonds is 1. The van der Waals surface area contributed by atoms with Gasteiger partial charge in [0.2, 0.25) is 0 Å². The van der Waals surface area contributed by atoms with E-state index in [1.54, 1.807) is 13.2 Å². The zero-order valence-corrected chi connectivity index (χ0v) is 8.97. The molecule has 0 aromatic heterocycles. The Morgan fingerprint density at radius 3 is 2.62 bits per heavy atom. The molecule has 0 radical (unpaired) electrons. The lowest BCUT2D eigenvalue weighted by molar-refractivity contribution is -0.137. The predicted molar refractivity (Wildman–Crippen MR) is 54.3 cm³/mol. The molecule has 0 saturated heterocycles. The van der Waals surface area contributed by atoms with Crippen LogP contribution in [0.1, 0.15) is 23.1 Å². The molecule has 1 aromatic carbocycles. The lowest BCUT2D eigenvalue weighted by atomic mass is 9.88. The quantitative estimate of drug-likeness (QED) is 0.719. The Morgan fingerprint density at radius 2 is 2.00 bits per heavy atom. The first-order chi connectivity index (χ1) is 7.50. The maximum Gasteiger partial charge on any atom is 0.416 e. The Balaban J connectivity index is 2.28. The van der Waals surface area contributed by atoms with Crippen LogP contribution in [0.25, 0.3) is 0 Å². The first kappa shape index (κ1) is 11.5. The van der Waals surface area contributed by atoms with Crippen molar-refractivity contribution in [2.24, 2.45) is 0 Å². The van der Waals surface area contributed by atoms with Gasteiger partial charge in [0.05, 0.1) is 11.7 Å². The molecule has 0 aliphatic heterocycles. The van der Waals surface area contributed by atoms with E-state index in [1.807, 2.05) is 0 Å².